The first-order valence-electron chi connectivity index (χ1n) is 6.53. The van der Waals surface area contributed by atoms with Crippen LogP contribution in [0.15, 0.2) is 0 Å². The Morgan fingerprint density at radius 2 is 1.88 bits per heavy atom. The van der Waals surface area contributed by atoms with Crippen molar-refractivity contribution < 1.29 is 9.59 Å². The quantitative estimate of drug-likeness (QED) is 0.712. The lowest BCUT2D eigenvalue weighted by Crippen LogP contribution is -2.56. The van der Waals surface area contributed by atoms with Crippen LogP contribution in [0.2, 0.25) is 0 Å². The van der Waals surface area contributed by atoms with Crippen LogP contribution in [0.1, 0.15) is 38.5 Å². The van der Waals surface area contributed by atoms with Crippen molar-refractivity contribution in [3.05, 3.63) is 0 Å². The van der Waals surface area contributed by atoms with Gasteiger partial charge < -0.3 is 16.0 Å². The van der Waals surface area contributed by atoms with Crippen molar-refractivity contribution in [3.63, 3.8) is 0 Å². The van der Waals surface area contributed by atoms with Crippen molar-refractivity contribution in [1.29, 1.82) is 0 Å². The molecule has 17 heavy (non-hydrogen) atoms. The molecule has 0 aromatic carbocycles. The lowest BCUT2D eigenvalue weighted by atomic mass is 9.98. The van der Waals surface area contributed by atoms with E-state index < -0.39 is 0 Å². The molecule has 0 spiro atoms. The van der Waals surface area contributed by atoms with Gasteiger partial charge in [-0.05, 0) is 38.6 Å². The van der Waals surface area contributed by atoms with Crippen LogP contribution < -0.4 is 11.1 Å². The highest BCUT2D eigenvalue weighted by molar-refractivity contribution is 5.89. The second-order valence-corrected chi connectivity index (χ2v) is 4.95. The van der Waals surface area contributed by atoms with Crippen LogP contribution in [0.4, 0.5) is 0 Å². The molecule has 2 heterocycles. The average Bonchev–Trinajstić information content (AvgIpc) is 2.39. The molecule has 5 nitrogen and oxygen atoms in total. The van der Waals surface area contributed by atoms with Gasteiger partial charge >= 0.3 is 0 Å². The number of primary amides is 1. The van der Waals surface area contributed by atoms with E-state index in [1.54, 1.807) is 4.90 Å². The van der Waals surface area contributed by atoms with Gasteiger partial charge in [0.2, 0.25) is 11.8 Å². The van der Waals surface area contributed by atoms with Gasteiger partial charge in [-0.3, -0.25) is 9.59 Å². The summed E-state index contributed by atoms with van der Waals surface area (Å²) in [5.74, 6) is -0.304. The Labute approximate surface area is 102 Å². The maximum Gasteiger partial charge on any atom is 0.240 e. The largest absolute Gasteiger partial charge is 0.368 e. The summed E-state index contributed by atoms with van der Waals surface area (Å²) in [4.78, 5) is 25.4. The van der Waals surface area contributed by atoms with Crippen LogP contribution in [0.25, 0.3) is 0 Å². The van der Waals surface area contributed by atoms with E-state index in [4.69, 9.17) is 5.73 Å². The van der Waals surface area contributed by atoms with Gasteiger partial charge in [0.1, 0.15) is 6.04 Å². The van der Waals surface area contributed by atoms with Gasteiger partial charge in [0.15, 0.2) is 0 Å². The molecule has 2 amide bonds. The monoisotopic (exact) mass is 239 g/mol. The minimum atomic E-state index is -0.389. The number of likely N-dealkylation sites (tertiary alicyclic amines) is 1. The predicted octanol–water partition coefficient (Wildman–Crippen LogP) is -0.00510. The van der Waals surface area contributed by atoms with Crippen molar-refractivity contribution in [2.24, 2.45) is 5.73 Å². The first kappa shape index (κ1) is 12.4. The molecule has 1 unspecified atom stereocenters. The van der Waals surface area contributed by atoms with Crippen LogP contribution >= 0.6 is 0 Å². The van der Waals surface area contributed by atoms with E-state index in [0.717, 1.165) is 38.6 Å². The summed E-state index contributed by atoms with van der Waals surface area (Å²) in [5.41, 5.74) is 5.37. The Hall–Kier alpha value is -1.10. The summed E-state index contributed by atoms with van der Waals surface area (Å²) >= 11 is 0. The van der Waals surface area contributed by atoms with Crippen molar-refractivity contribution in [2.45, 2.75) is 50.6 Å². The first-order chi connectivity index (χ1) is 8.20. The Kier molecular flexibility index (Phi) is 3.99. The maximum atomic E-state index is 12.3. The fourth-order valence-corrected chi connectivity index (χ4v) is 2.75. The minimum Gasteiger partial charge on any atom is -0.368 e. The summed E-state index contributed by atoms with van der Waals surface area (Å²) in [6.45, 7) is 1.57. The van der Waals surface area contributed by atoms with Gasteiger partial charge in [-0.2, -0.15) is 0 Å². The molecule has 0 aliphatic carbocycles. The highest BCUT2D eigenvalue weighted by atomic mass is 16.2. The Balaban J connectivity index is 2.02. The molecule has 2 aliphatic rings. The molecule has 3 N–H and O–H groups in total. The van der Waals surface area contributed by atoms with Gasteiger partial charge in [-0.15, -0.1) is 0 Å². The third-order valence-corrected chi connectivity index (χ3v) is 3.72. The molecular weight excluding hydrogens is 218 g/mol. The third-order valence-electron chi connectivity index (χ3n) is 3.72. The Morgan fingerprint density at radius 1 is 1.12 bits per heavy atom. The number of rotatable bonds is 2. The average molecular weight is 239 g/mol. The lowest BCUT2D eigenvalue weighted by molar-refractivity contribution is -0.143. The zero-order valence-corrected chi connectivity index (χ0v) is 10.2. The minimum absolute atomic E-state index is 0.0631. The van der Waals surface area contributed by atoms with E-state index in [9.17, 15) is 9.59 Å². The van der Waals surface area contributed by atoms with E-state index in [-0.39, 0.29) is 23.9 Å². The van der Waals surface area contributed by atoms with E-state index in [2.05, 4.69) is 5.32 Å². The van der Waals surface area contributed by atoms with Gasteiger partial charge in [-0.1, -0.05) is 6.42 Å². The number of piperidine rings is 2. The van der Waals surface area contributed by atoms with Crippen molar-refractivity contribution in [1.82, 2.24) is 10.2 Å². The molecule has 0 saturated carbocycles. The summed E-state index contributed by atoms with van der Waals surface area (Å²) < 4.78 is 0. The molecule has 2 saturated heterocycles. The van der Waals surface area contributed by atoms with Gasteiger partial charge in [0, 0.05) is 6.54 Å². The second kappa shape index (κ2) is 5.49. The third kappa shape index (κ3) is 2.77. The molecule has 2 rings (SSSR count). The van der Waals surface area contributed by atoms with Crippen LogP contribution in [0.5, 0.6) is 0 Å². The van der Waals surface area contributed by atoms with E-state index in [1.165, 1.54) is 0 Å². The standard InChI is InChI=1S/C12H21N3O2/c13-11(16)10-6-2-4-8-15(10)12(17)9-5-1-3-7-14-9/h9-10,14H,1-8H2,(H2,13,16)/t9-,10?/m1/s1. The van der Waals surface area contributed by atoms with Gasteiger partial charge in [0.25, 0.3) is 0 Å². The highest BCUT2D eigenvalue weighted by Gasteiger charge is 2.34. The smallest absolute Gasteiger partial charge is 0.240 e. The number of nitrogens with zero attached hydrogens (tertiary/aromatic N) is 1. The molecule has 2 fully saturated rings. The number of hydrogen-bond acceptors (Lipinski definition) is 3. The van der Waals surface area contributed by atoms with Crippen LogP contribution in [0, 0.1) is 0 Å². The maximum absolute atomic E-state index is 12.3. The number of nitrogens with two attached hydrogens (primary N) is 1. The molecule has 5 heteroatoms. The number of nitrogens with one attached hydrogen (secondary N) is 1. The summed E-state index contributed by atoms with van der Waals surface area (Å²) in [6.07, 6.45) is 5.76. The van der Waals surface area contributed by atoms with E-state index in [1.807, 2.05) is 0 Å². The molecular formula is C12H21N3O2. The zero-order chi connectivity index (χ0) is 12.3. The second-order valence-electron chi connectivity index (χ2n) is 4.95. The number of amides is 2. The zero-order valence-electron chi connectivity index (χ0n) is 10.2. The summed E-state index contributed by atoms with van der Waals surface area (Å²) in [7, 11) is 0. The van der Waals surface area contributed by atoms with E-state index in [0.29, 0.717) is 13.0 Å². The van der Waals surface area contributed by atoms with Crippen LogP contribution in [0.3, 0.4) is 0 Å². The number of carbonyl (C=O) groups excluding carboxylic acids is 2. The van der Waals surface area contributed by atoms with E-state index >= 15 is 0 Å². The topological polar surface area (TPSA) is 75.4 Å². The molecule has 96 valence electrons. The SMILES string of the molecule is NC(=O)C1CCCCN1C(=O)[C@H]1CCCCN1. The molecule has 0 aromatic rings. The van der Waals surface area contributed by atoms with Crippen molar-refractivity contribution in [2.75, 3.05) is 13.1 Å². The number of carbonyl (C=O) groups is 2. The lowest BCUT2D eigenvalue weighted by Gasteiger charge is -2.37. The Morgan fingerprint density at radius 3 is 2.53 bits per heavy atom. The molecule has 2 aliphatic heterocycles. The predicted molar refractivity (Wildman–Crippen MR) is 64.2 cm³/mol. The molecule has 2 atom stereocenters. The van der Waals surface area contributed by atoms with Crippen molar-refractivity contribution in [3.8, 4) is 0 Å². The molecule has 0 bridgehead atoms. The molecule has 0 radical (unpaired) electrons. The normalized spacial score (nSPS) is 30.0. The van der Waals surface area contributed by atoms with Crippen molar-refractivity contribution >= 4 is 11.8 Å². The fourth-order valence-electron chi connectivity index (χ4n) is 2.75. The van der Waals surface area contributed by atoms with Gasteiger partial charge in [0.05, 0.1) is 6.04 Å². The number of hydrogen-bond donors (Lipinski definition) is 2. The summed E-state index contributed by atoms with van der Waals surface area (Å²) in [6, 6.07) is -0.497. The van der Waals surface area contributed by atoms with Crippen LogP contribution in [-0.2, 0) is 9.59 Å². The Bertz CT molecular complexity index is 300. The molecule has 0 aromatic heterocycles. The summed E-state index contributed by atoms with van der Waals surface area (Å²) in [5, 5.41) is 3.23. The van der Waals surface area contributed by atoms with Crippen LogP contribution in [-0.4, -0.2) is 41.9 Å². The fraction of sp³-hybridized carbons (Fsp3) is 0.833. The highest BCUT2D eigenvalue weighted by Crippen LogP contribution is 2.19. The first-order valence-corrected chi connectivity index (χ1v) is 6.53. The van der Waals surface area contributed by atoms with Gasteiger partial charge in [-0.25, -0.2) is 0 Å².